The number of hydrogen-bond acceptors (Lipinski definition) is 6. The van der Waals surface area contributed by atoms with Gasteiger partial charge < -0.3 is 25.3 Å². The molecule has 3 rings (SSSR count). The number of aromatic nitrogens is 3. The molecule has 3 atom stereocenters. The van der Waals surface area contributed by atoms with Gasteiger partial charge in [0.1, 0.15) is 12.3 Å². The van der Waals surface area contributed by atoms with Crippen molar-refractivity contribution in [2.45, 2.75) is 38.2 Å². The lowest BCUT2D eigenvalue weighted by molar-refractivity contribution is -0.0430. The normalized spacial score (nSPS) is 25.8. The first-order chi connectivity index (χ1) is 10.0. The molecule has 21 heavy (non-hydrogen) atoms. The number of nitrogens with one attached hydrogen (secondary N) is 1. The minimum Gasteiger partial charge on any atom is -0.394 e. The molecule has 8 heteroatoms. The van der Waals surface area contributed by atoms with Crippen LogP contribution in [0.1, 0.15) is 25.1 Å². The molecule has 1 aliphatic rings. The van der Waals surface area contributed by atoms with Gasteiger partial charge in [0.15, 0.2) is 5.65 Å². The van der Waals surface area contributed by atoms with Gasteiger partial charge in [-0.15, -0.1) is 0 Å². The van der Waals surface area contributed by atoms with E-state index in [1.165, 1.54) is 0 Å². The van der Waals surface area contributed by atoms with Crippen LogP contribution in [0.3, 0.4) is 0 Å². The van der Waals surface area contributed by atoms with Crippen molar-refractivity contribution in [3.63, 3.8) is 0 Å². The number of nitrogens with zero attached hydrogens (tertiary/aromatic N) is 2. The summed E-state index contributed by atoms with van der Waals surface area (Å²) >= 11 is 0. The van der Waals surface area contributed by atoms with Gasteiger partial charge in [0.05, 0.1) is 18.1 Å². The number of nitrogen functional groups attached to an aromatic ring is 1. The third-order valence-electron chi connectivity index (χ3n) is 3.85. The minimum absolute atomic E-state index is 0.0340. The summed E-state index contributed by atoms with van der Waals surface area (Å²) in [6.45, 7) is 1.68. The third-order valence-corrected chi connectivity index (χ3v) is 3.85. The van der Waals surface area contributed by atoms with Gasteiger partial charge in [-0.05, 0) is 12.0 Å². The monoisotopic (exact) mass is 294 g/mol. The summed E-state index contributed by atoms with van der Waals surface area (Å²) < 4.78 is 7.33. The summed E-state index contributed by atoms with van der Waals surface area (Å²) in [4.78, 5) is 18.7. The highest BCUT2D eigenvalue weighted by atomic mass is 16.5. The molecule has 2 aromatic rings. The van der Waals surface area contributed by atoms with Crippen LogP contribution >= 0.6 is 0 Å². The average Bonchev–Trinajstić information content (AvgIpc) is 2.98. The molecule has 3 heterocycles. The molecule has 5 N–H and O–H groups in total. The molecule has 0 radical (unpaired) electrons. The number of aliphatic hydroxyl groups excluding tert-OH is 2. The summed E-state index contributed by atoms with van der Waals surface area (Å²) in [5, 5.41) is 19.5. The maximum atomic E-state index is 12.1. The molecule has 1 fully saturated rings. The molecule has 2 aromatic heterocycles. The van der Waals surface area contributed by atoms with E-state index in [2.05, 4.69) is 9.97 Å². The van der Waals surface area contributed by atoms with Crippen LogP contribution < -0.4 is 11.3 Å². The summed E-state index contributed by atoms with van der Waals surface area (Å²) in [6.07, 6.45) is 0.930. The Morgan fingerprint density at radius 1 is 1.62 bits per heavy atom. The van der Waals surface area contributed by atoms with E-state index in [0.717, 1.165) is 5.56 Å². The van der Waals surface area contributed by atoms with Gasteiger partial charge in [0.25, 0.3) is 5.56 Å². The first-order valence-electron chi connectivity index (χ1n) is 6.88. The second-order valence-electron chi connectivity index (χ2n) is 5.18. The van der Waals surface area contributed by atoms with Crippen molar-refractivity contribution in [2.24, 2.45) is 0 Å². The van der Waals surface area contributed by atoms with Gasteiger partial charge in [0, 0.05) is 12.6 Å². The van der Waals surface area contributed by atoms with Crippen LogP contribution in [0.5, 0.6) is 0 Å². The zero-order chi connectivity index (χ0) is 15.1. The smallest absolute Gasteiger partial charge is 0.262 e. The molecular weight excluding hydrogens is 276 g/mol. The van der Waals surface area contributed by atoms with Crippen LogP contribution in [-0.4, -0.2) is 43.6 Å². The van der Waals surface area contributed by atoms with Crippen LogP contribution in [0.4, 0.5) is 5.95 Å². The molecule has 1 aliphatic heterocycles. The van der Waals surface area contributed by atoms with Crippen LogP contribution in [0.15, 0.2) is 11.0 Å². The van der Waals surface area contributed by atoms with E-state index in [-0.39, 0.29) is 18.1 Å². The summed E-state index contributed by atoms with van der Waals surface area (Å²) in [5.41, 5.74) is 6.60. The Labute approximate surface area is 120 Å². The first kappa shape index (κ1) is 14.1. The fourth-order valence-electron chi connectivity index (χ4n) is 2.79. The highest BCUT2D eigenvalue weighted by Gasteiger charge is 2.35. The molecule has 0 amide bonds. The fraction of sp³-hybridized carbons (Fsp3) is 0.538. The second-order valence-corrected chi connectivity index (χ2v) is 5.18. The zero-order valence-electron chi connectivity index (χ0n) is 11.6. The second kappa shape index (κ2) is 5.14. The maximum Gasteiger partial charge on any atom is 0.262 e. The van der Waals surface area contributed by atoms with E-state index < -0.39 is 18.4 Å². The standard InChI is InChI=1S/C13H18N4O4/c1-2-6-4-17(9-3-7(19)8(5-18)21-9)11-10(6)12(20)16-13(14)15-11/h4,7-9,18-19H,2-3,5H2,1H3,(H3,14,15,16,20). The van der Waals surface area contributed by atoms with Gasteiger partial charge in [-0.3, -0.25) is 9.78 Å². The molecular formula is C13H18N4O4. The Hall–Kier alpha value is -1.90. The molecule has 1 saturated heterocycles. The predicted octanol–water partition coefficient (Wildman–Crippen LogP) is -0.490. The molecule has 0 aromatic carbocycles. The van der Waals surface area contributed by atoms with Gasteiger partial charge in [0.2, 0.25) is 5.95 Å². The van der Waals surface area contributed by atoms with Crippen LogP contribution in [-0.2, 0) is 11.2 Å². The molecule has 114 valence electrons. The molecule has 0 spiro atoms. The number of fused-ring (bicyclic) bond motifs is 1. The number of aliphatic hydroxyl groups is 2. The Morgan fingerprint density at radius 2 is 2.38 bits per heavy atom. The average molecular weight is 294 g/mol. The van der Waals surface area contributed by atoms with E-state index in [9.17, 15) is 9.90 Å². The number of aryl methyl sites for hydroxylation is 1. The van der Waals surface area contributed by atoms with Crippen molar-refractivity contribution in [2.75, 3.05) is 12.3 Å². The Kier molecular flexibility index (Phi) is 3.44. The molecule has 0 aliphatic carbocycles. The number of ether oxygens (including phenoxy) is 1. The van der Waals surface area contributed by atoms with Crippen LogP contribution in [0.2, 0.25) is 0 Å². The van der Waals surface area contributed by atoms with Crippen molar-refractivity contribution in [3.05, 3.63) is 22.1 Å². The van der Waals surface area contributed by atoms with E-state index in [1.807, 2.05) is 6.92 Å². The largest absolute Gasteiger partial charge is 0.394 e. The number of aromatic amines is 1. The molecule has 0 bridgehead atoms. The van der Waals surface area contributed by atoms with Crippen LogP contribution in [0.25, 0.3) is 11.0 Å². The molecule has 0 saturated carbocycles. The summed E-state index contributed by atoms with van der Waals surface area (Å²) in [5.74, 6) is 0.0340. The maximum absolute atomic E-state index is 12.1. The third kappa shape index (κ3) is 2.21. The Balaban J connectivity index is 2.13. The minimum atomic E-state index is -0.748. The van der Waals surface area contributed by atoms with Gasteiger partial charge >= 0.3 is 0 Å². The number of H-pyrrole nitrogens is 1. The summed E-state index contributed by atoms with van der Waals surface area (Å²) in [7, 11) is 0. The summed E-state index contributed by atoms with van der Waals surface area (Å²) in [6, 6.07) is 0. The Bertz CT molecular complexity index is 723. The zero-order valence-corrected chi connectivity index (χ0v) is 11.6. The highest BCUT2D eigenvalue weighted by Crippen LogP contribution is 2.32. The van der Waals surface area contributed by atoms with E-state index in [1.54, 1.807) is 10.8 Å². The van der Waals surface area contributed by atoms with Gasteiger partial charge in [-0.1, -0.05) is 6.92 Å². The van der Waals surface area contributed by atoms with Crippen molar-refractivity contribution in [1.82, 2.24) is 14.5 Å². The topological polar surface area (TPSA) is 126 Å². The van der Waals surface area contributed by atoms with Crippen molar-refractivity contribution < 1.29 is 14.9 Å². The quantitative estimate of drug-likeness (QED) is 0.605. The van der Waals surface area contributed by atoms with E-state index in [4.69, 9.17) is 15.6 Å². The molecule has 8 nitrogen and oxygen atoms in total. The fourth-order valence-corrected chi connectivity index (χ4v) is 2.79. The number of rotatable bonds is 3. The SMILES string of the molecule is CCc1cn(C2CC(O)C(CO)O2)c2nc(N)[nH]c(=O)c12. The van der Waals surface area contributed by atoms with E-state index in [0.29, 0.717) is 23.9 Å². The lowest BCUT2D eigenvalue weighted by atomic mass is 10.2. The number of anilines is 1. The lowest BCUT2D eigenvalue weighted by Gasteiger charge is -2.14. The van der Waals surface area contributed by atoms with Crippen molar-refractivity contribution >= 4 is 17.0 Å². The predicted molar refractivity (Wildman–Crippen MR) is 75.8 cm³/mol. The van der Waals surface area contributed by atoms with Crippen molar-refractivity contribution in [1.29, 1.82) is 0 Å². The lowest BCUT2D eigenvalue weighted by Crippen LogP contribution is -2.24. The Morgan fingerprint density at radius 3 is 3.00 bits per heavy atom. The van der Waals surface area contributed by atoms with Gasteiger partial charge in [-0.2, -0.15) is 4.98 Å². The van der Waals surface area contributed by atoms with Gasteiger partial charge in [-0.25, -0.2) is 0 Å². The van der Waals surface area contributed by atoms with E-state index >= 15 is 0 Å². The first-order valence-corrected chi connectivity index (χ1v) is 6.88. The number of nitrogens with two attached hydrogens (primary N) is 1. The number of hydrogen-bond donors (Lipinski definition) is 4. The highest BCUT2D eigenvalue weighted by molar-refractivity contribution is 5.80. The van der Waals surface area contributed by atoms with Crippen molar-refractivity contribution in [3.8, 4) is 0 Å². The molecule has 3 unspecified atom stereocenters. The van der Waals surface area contributed by atoms with Crippen LogP contribution in [0, 0.1) is 0 Å².